The average molecular weight is 338 g/mol. The van der Waals surface area contributed by atoms with Crippen molar-refractivity contribution in [2.75, 3.05) is 13.1 Å². The molecule has 0 saturated heterocycles. The van der Waals surface area contributed by atoms with Gasteiger partial charge in [-0.15, -0.1) is 0 Å². The molecule has 3 heterocycles. The van der Waals surface area contributed by atoms with Crippen LogP contribution in [0.2, 0.25) is 5.02 Å². The Morgan fingerprint density at radius 1 is 1.21 bits per heavy atom. The molecule has 0 aliphatic carbocycles. The number of fused-ring (bicyclic) bond motifs is 1. The fraction of sp³-hybridized carbons (Fsp3) is 0.158. The van der Waals surface area contributed by atoms with Crippen LogP contribution < -0.4 is 0 Å². The minimum absolute atomic E-state index is 0.0440. The van der Waals surface area contributed by atoms with Crippen LogP contribution in [0.4, 0.5) is 0 Å². The second-order valence-electron chi connectivity index (χ2n) is 5.84. The first-order valence-electron chi connectivity index (χ1n) is 7.89. The number of benzene rings is 1. The summed E-state index contributed by atoms with van der Waals surface area (Å²) in [6, 6.07) is 11.1. The molecule has 0 radical (unpaired) electrons. The zero-order valence-electron chi connectivity index (χ0n) is 13.0. The second-order valence-corrected chi connectivity index (χ2v) is 6.28. The van der Waals surface area contributed by atoms with E-state index in [1.54, 1.807) is 30.5 Å². The summed E-state index contributed by atoms with van der Waals surface area (Å²) in [5, 5.41) is 1.77. The smallest absolute Gasteiger partial charge is 0.254 e. The summed E-state index contributed by atoms with van der Waals surface area (Å²) in [4.78, 5) is 21.9. The number of hydrogen-bond donors (Lipinski definition) is 1. The molecule has 2 aromatic heterocycles. The molecule has 1 aliphatic heterocycles. The summed E-state index contributed by atoms with van der Waals surface area (Å²) in [5.74, 6) is 0.0440. The minimum Gasteiger partial charge on any atom is -0.346 e. The summed E-state index contributed by atoms with van der Waals surface area (Å²) >= 11 is 5.88. The SMILES string of the molecule is O=C(c1ccc(Cl)cc1)N1CC=C(c2c[nH]c3ncccc23)CC1. The number of pyridine rings is 1. The predicted octanol–water partition coefficient (Wildman–Crippen LogP) is 4.15. The van der Waals surface area contributed by atoms with Crippen molar-refractivity contribution in [2.24, 2.45) is 0 Å². The lowest BCUT2D eigenvalue weighted by atomic mass is 9.99. The van der Waals surface area contributed by atoms with E-state index in [1.165, 1.54) is 11.1 Å². The summed E-state index contributed by atoms with van der Waals surface area (Å²) in [6.45, 7) is 1.32. The van der Waals surface area contributed by atoms with E-state index in [0.717, 1.165) is 17.5 Å². The van der Waals surface area contributed by atoms with Crippen molar-refractivity contribution < 1.29 is 4.79 Å². The lowest BCUT2D eigenvalue weighted by molar-refractivity contribution is 0.0773. The van der Waals surface area contributed by atoms with Crippen LogP contribution in [0.1, 0.15) is 22.3 Å². The molecule has 0 fully saturated rings. The Balaban J connectivity index is 1.55. The Morgan fingerprint density at radius 3 is 2.79 bits per heavy atom. The van der Waals surface area contributed by atoms with Crippen LogP contribution in [-0.4, -0.2) is 33.9 Å². The molecule has 0 atom stereocenters. The first-order valence-corrected chi connectivity index (χ1v) is 8.26. The molecule has 0 saturated carbocycles. The van der Waals surface area contributed by atoms with Crippen molar-refractivity contribution in [1.29, 1.82) is 0 Å². The van der Waals surface area contributed by atoms with E-state index in [4.69, 9.17) is 11.6 Å². The molecule has 1 amide bonds. The molecule has 4 rings (SSSR count). The average Bonchev–Trinajstić information content (AvgIpc) is 3.06. The maximum Gasteiger partial charge on any atom is 0.254 e. The molecule has 0 unspecified atom stereocenters. The van der Waals surface area contributed by atoms with Gasteiger partial charge in [-0.25, -0.2) is 4.98 Å². The van der Waals surface area contributed by atoms with Crippen molar-refractivity contribution in [2.45, 2.75) is 6.42 Å². The van der Waals surface area contributed by atoms with Crippen molar-refractivity contribution in [3.05, 3.63) is 71.0 Å². The molecule has 3 aromatic rings. The Labute approximate surface area is 144 Å². The number of aromatic nitrogens is 2. The third-order valence-corrected chi connectivity index (χ3v) is 4.64. The fourth-order valence-corrected chi connectivity index (χ4v) is 3.22. The molecule has 0 spiro atoms. The summed E-state index contributed by atoms with van der Waals surface area (Å²) < 4.78 is 0. The molecular formula is C19H16ClN3O. The van der Waals surface area contributed by atoms with Crippen LogP contribution in [0, 0.1) is 0 Å². The lowest BCUT2D eigenvalue weighted by Crippen LogP contribution is -2.34. The minimum atomic E-state index is 0.0440. The topological polar surface area (TPSA) is 49.0 Å². The van der Waals surface area contributed by atoms with Crippen LogP contribution in [0.15, 0.2) is 54.9 Å². The number of aromatic amines is 1. The van der Waals surface area contributed by atoms with Gasteiger partial charge in [0.2, 0.25) is 0 Å². The van der Waals surface area contributed by atoms with Crippen molar-refractivity contribution >= 4 is 34.1 Å². The van der Waals surface area contributed by atoms with E-state index in [9.17, 15) is 4.79 Å². The maximum absolute atomic E-state index is 12.6. The lowest BCUT2D eigenvalue weighted by Gasteiger charge is -2.26. The second kappa shape index (κ2) is 6.13. The summed E-state index contributed by atoms with van der Waals surface area (Å²) in [6.07, 6.45) is 6.75. The molecule has 1 aliphatic rings. The summed E-state index contributed by atoms with van der Waals surface area (Å²) in [5.41, 5.74) is 4.01. The Hall–Kier alpha value is -2.59. The molecule has 4 nitrogen and oxygen atoms in total. The number of H-pyrrole nitrogens is 1. The first-order chi connectivity index (χ1) is 11.7. The van der Waals surface area contributed by atoms with E-state index in [0.29, 0.717) is 23.7 Å². The highest BCUT2D eigenvalue weighted by atomic mass is 35.5. The molecule has 1 aromatic carbocycles. The number of rotatable bonds is 2. The monoisotopic (exact) mass is 337 g/mol. The van der Waals surface area contributed by atoms with Crippen LogP contribution in [0.25, 0.3) is 16.6 Å². The van der Waals surface area contributed by atoms with Crippen molar-refractivity contribution in [3.8, 4) is 0 Å². The van der Waals surface area contributed by atoms with E-state index < -0.39 is 0 Å². The molecule has 0 bridgehead atoms. The third kappa shape index (κ3) is 2.69. The standard InChI is InChI=1S/C19H16ClN3O/c20-15-5-3-14(4-6-15)19(24)23-10-7-13(8-11-23)17-12-22-18-16(17)2-1-9-21-18/h1-7,9,12H,8,10-11H2,(H,21,22). The van der Waals surface area contributed by atoms with Crippen molar-refractivity contribution in [3.63, 3.8) is 0 Å². The number of carbonyl (C=O) groups is 1. The molecule has 24 heavy (non-hydrogen) atoms. The van der Waals surface area contributed by atoms with Gasteiger partial charge in [0, 0.05) is 47.0 Å². The highest BCUT2D eigenvalue weighted by Crippen LogP contribution is 2.28. The van der Waals surface area contributed by atoms with Crippen molar-refractivity contribution in [1.82, 2.24) is 14.9 Å². The molecular weight excluding hydrogens is 322 g/mol. The van der Waals surface area contributed by atoms with Gasteiger partial charge >= 0.3 is 0 Å². The quantitative estimate of drug-likeness (QED) is 0.763. The van der Waals surface area contributed by atoms with E-state index in [-0.39, 0.29) is 5.91 Å². The number of nitrogens with one attached hydrogen (secondary N) is 1. The van der Waals surface area contributed by atoms with E-state index >= 15 is 0 Å². The highest BCUT2D eigenvalue weighted by molar-refractivity contribution is 6.30. The first kappa shape index (κ1) is 15.0. The predicted molar refractivity (Wildman–Crippen MR) is 96.0 cm³/mol. The fourth-order valence-electron chi connectivity index (χ4n) is 3.09. The normalized spacial score (nSPS) is 14.7. The number of nitrogens with zero attached hydrogens (tertiary/aromatic N) is 2. The molecule has 1 N–H and O–H groups in total. The Bertz CT molecular complexity index is 927. The van der Waals surface area contributed by atoms with Gasteiger partial charge in [0.25, 0.3) is 5.91 Å². The van der Waals surface area contributed by atoms with Crippen LogP contribution >= 0.6 is 11.6 Å². The number of carbonyl (C=O) groups excluding carboxylic acids is 1. The van der Waals surface area contributed by atoms with Gasteiger partial charge in [0.15, 0.2) is 0 Å². The zero-order valence-corrected chi connectivity index (χ0v) is 13.8. The van der Waals surface area contributed by atoms with Gasteiger partial charge in [-0.05, 0) is 48.4 Å². The van der Waals surface area contributed by atoms with E-state index in [2.05, 4.69) is 22.1 Å². The largest absolute Gasteiger partial charge is 0.346 e. The van der Waals surface area contributed by atoms with Crippen LogP contribution in [0.5, 0.6) is 0 Å². The molecule has 120 valence electrons. The van der Waals surface area contributed by atoms with Gasteiger partial charge < -0.3 is 9.88 Å². The number of halogens is 1. The molecule has 5 heteroatoms. The van der Waals surface area contributed by atoms with Crippen LogP contribution in [0.3, 0.4) is 0 Å². The zero-order chi connectivity index (χ0) is 16.5. The van der Waals surface area contributed by atoms with E-state index in [1.807, 2.05) is 17.2 Å². The summed E-state index contributed by atoms with van der Waals surface area (Å²) in [7, 11) is 0. The van der Waals surface area contributed by atoms with Gasteiger partial charge in [-0.1, -0.05) is 17.7 Å². The van der Waals surface area contributed by atoms with Gasteiger partial charge in [-0.2, -0.15) is 0 Å². The Kier molecular flexibility index (Phi) is 3.82. The van der Waals surface area contributed by atoms with Gasteiger partial charge in [0.1, 0.15) is 5.65 Å². The Morgan fingerprint density at radius 2 is 2.04 bits per heavy atom. The number of hydrogen-bond acceptors (Lipinski definition) is 2. The highest BCUT2D eigenvalue weighted by Gasteiger charge is 2.20. The van der Waals surface area contributed by atoms with Crippen LogP contribution in [-0.2, 0) is 0 Å². The maximum atomic E-state index is 12.6. The van der Waals surface area contributed by atoms with Gasteiger partial charge in [0.05, 0.1) is 0 Å². The van der Waals surface area contributed by atoms with Gasteiger partial charge in [-0.3, -0.25) is 4.79 Å². The third-order valence-electron chi connectivity index (χ3n) is 4.38. The number of amides is 1.